The minimum Gasteiger partial charge on any atom is -0.479 e. The first-order valence-corrected chi connectivity index (χ1v) is 8.17. The molecule has 1 saturated heterocycles. The van der Waals surface area contributed by atoms with E-state index in [-0.39, 0.29) is 25.6 Å². The minimum atomic E-state index is -4.44. The number of carboxylic acids is 1. The Balaban J connectivity index is 1.90. The van der Waals surface area contributed by atoms with E-state index >= 15 is 0 Å². The molecular formula is C19H16F3NO4. The molecule has 1 unspecified atom stereocenters. The van der Waals surface area contributed by atoms with E-state index in [0.29, 0.717) is 16.7 Å². The number of amides is 1. The number of rotatable bonds is 3. The van der Waals surface area contributed by atoms with E-state index in [2.05, 4.69) is 0 Å². The predicted molar refractivity (Wildman–Crippen MR) is 90.2 cm³/mol. The Labute approximate surface area is 153 Å². The minimum absolute atomic E-state index is 0.0878. The van der Waals surface area contributed by atoms with Crippen LogP contribution in [0.5, 0.6) is 0 Å². The van der Waals surface area contributed by atoms with Crippen molar-refractivity contribution < 1.29 is 32.6 Å². The lowest BCUT2D eigenvalue weighted by Crippen LogP contribution is -2.48. The molecule has 3 rings (SSSR count). The summed E-state index contributed by atoms with van der Waals surface area (Å²) in [4.78, 5) is 25.4. The van der Waals surface area contributed by atoms with Gasteiger partial charge in [-0.05, 0) is 29.3 Å². The highest BCUT2D eigenvalue weighted by molar-refractivity contribution is 6.01. The van der Waals surface area contributed by atoms with Crippen molar-refractivity contribution in [2.45, 2.75) is 12.3 Å². The molecule has 0 aliphatic carbocycles. The zero-order valence-corrected chi connectivity index (χ0v) is 14.1. The summed E-state index contributed by atoms with van der Waals surface area (Å²) in [7, 11) is 0. The number of aliphatic carboxylic acids is 1. The Kier molecular flexibility index (Phi) is 5.18. The first kappa shape index (κ1) is 18.9. The lowest BCUT2D eigenvalue weighted by Gasteiger charge is -2.31. The van der Waals surface area contributed by atoms with E-state index in [1.165, 1.54) is 17.0 Å². The number of benzene rings is 2. The Bertz CT molecular complexity index is 849. The molecule has 0 radical (unpaired) electrons. The Morgan fingerprint density at radius 1 is 1.07 bits per heavy atom. The summed E-state index contributed by atoms with van der Waals surface area (Å²) in [5.41, 5.74) is 0.473. The molecule has 1 fully saturated rings. The lowest BCUT2D eigenvalue weighted by atomic mass is 9.97. The van der Waals surface area contributed by atoms with E-state index in [9.17, 15) is 22.8 Å². The zero-order chi connectivity index (χ0) is 19.6. The SMILES string of the molecule is O=C(O)C1CN(C(=O)c2ccccc2-c2ccc(C(F)(F)F)cc2)CCO1. The number of halogens is 3. The Hall–Kier alpha value is -2.87. The van der Waals surface area contributed by atoms with Crippen LogP contribution in [-0.4, -0.2) is 47.7 Å². The summed E-state index contributed by atoms with van der Waals surface area (Å²) in [6, 6.07) is 11.1. The Morgan fingerprint density at radius 3 is 2.37 bits per heavy atom. The fourth-order valence-corrected chi connectivity index (χ4v) is 2.91. The molecule has 5 nitrogen and oxygen atoms in total. The van der Waals surface area contributed by atoms with Crippen molar-refractivity contribution in [1.29, 1.82) is 0 Å². The third-order valence-electron chi connectivity index (χ3n) is 4.31. The average Bonchev–Trinajstić information content (AvgIpc) is 2.67. The van der Waals surface area contributed by atoms with E-state index in [4.69, 9.17) is 9.84 Å². The van der Waals surface area contributed by atoms with Crippen molar-refractivity contribution in [2.75, 3.05) is 19.7 Å². The highest BCUT2D eigenvalue weighted by atomic mass is 19.4. The number of nitrogens with zero attached hydrogens (tertiary/aromatic N) is 1. The van der Waals surface area contributed by atoms with Crippen molar-refractivity contribution in [3.05, 3.63) is 59.7 Å². The normalized spacial score (nSPS) is 17.6. The number of alkyl halides is 3. The maximum Gasteiger partial charge on any atom is 0.416 e. The summed E-state index contributed by atoms with van der Waals surface area (Å²) < 4.78 is 43.4. The van der Waals surface area contributed by atoms with Crippen LogP contribution in [0.4, 0.5) is 13.2 Å². The molecule has 0 aromatic heterocycles. The van der Waals surface area contributed by atoms with Gasteiger partial charge in [0.1, 0.15) is 0 Å². The van der Waals surface area contributed by atoms with Crippen molar-refractivity contribution in [3.8, 4) is 11.1 Å². The number of carbonyl (C=O) groups excluding carboxylic acids is 1. The summed E-state index contributed by atoms with van der Waals surface area (Å²) >= 11 is 0. The fraction of sp³-hybridized carbons (Fsp3) is 0.263. The number of hydrogen-bond acceptors (Lipinski definition) is 3. The molecule has 27 heavy (non-hydrogen) atoms. The van der Waals surface area contributed by atoms with E-state index in [0.717, 1.165) is 12.1 Å². The van der Waals surface area contributed by atoms with Gasteiger partial charge in [0.2, 0.25) is 0 Å². The van der Waals surface area contributed by atoms with Crippen LogP contribution >= 0.6 is 0 Å². The van der Waals surface area contributed by atoms with Gasteiger partial charge in [-0.1, -0.05) is 30.3 Å². The topological polar surface area (TPSA) is 66.8 Å². The summed E-state index contributed by atoms with van der Waals surface area (Å²) in [6.45, 7) is 0.255. The molecule has 1 heterocycles. The second kappa shape index (κ2) is 7.40. The van der Waals surface area contributed by atoms with Crippen molar-refractivity contribution in [2.24, 2.45) is 0 Å². The van der Waals surface area contributed by atoms with Crippen LogP contribution in [0.3, 0.4) is 0 Å². The maximum atomic E-state index is 12.9. The standard InChI is InChI=1S/C19H16F3NO4/c20-19(21,22)13-7-5-12(6-8-13)14-3-1-2-4-15(14)17(24)23-9-10-27-16(11-23)18(25)26/h1-8,16H,9-11H2,(H,25,26). The Morgan fingerprint density at radius 2 is 1.74 bits per heavy atom. The number of carbonyl (C=O) groups is 2. The molecule has 1 amide bonds. The van der Waals surface area contributed by atoms with Crippen molar-refractivity contribution in [1.82, 2.24) is 4.90 Å². The second-order valence-corrected chi connectivity index (χ2v) is 6.07. The molecule has 0 saturated carbocycles. The molecule has 1 N–H and O–H groups in total. The molecule has 2 aromatic carbocycles. The third-order valence-corrected chi connectivity index (χ3v) is 4.31. The highest BCUT2D eigenvalue weighted by Gasteiger charge is 2.31. The summed E-state index contributed by atoms with van der Waals surface area (Å²) in [5.74, 6) is -1.54. The van der Waals surface area contributed by atoms with Crippen LogP contribution in [0.1, 0.15) is 15.9 Å². The molecule has 1 aliphatic rings. The lowest BCUT2D eigenvalue weighted by molar-refractivity contribution is -0.154. The van der Waals surface area contributed by atoms with E-state index in [1.807, 2.05) is 0 Å². The van der Waals surface area contributed by atoms with Gasteiger partial charge in [0.25, 0.3) is 5.91 Å². The number of morpholine rings is 1. The third kappa shape index (κ3) is 4.11. The van der Waals surface area contributed by atoms with Crippen LogP contribution < -0.4 is 0 Å². The van der Waals surface area contributed by atoms with Gasteiger partial charge in [0.15, 0.2) is 6.10 Å². The molecule has 142 valence electrons. The number of hydrogen-bond donors (Lipinski definition) is 1. The quantitative estimate of drug-likeness (QED) is 0.889. The smallest absolute Gasteiger partial charge is 0.416 e. The molecular weight excluding hydrogens is 363 g/mol. The number of carboxylic acid groups (broad SMARTS) is 1. The van der Waals surface area contributed by atoms with Gasteiger partial charge in [-0.2, -0.15) is 13.2 Å². The van der Waals surface area contributed by atoms with Crippen LogP contribution in [0.2, 0.25) is 0 Å². The summed E-state index contributed by atoms with van der Waals surface area (Å²) in [6.07, 6.45) is -5.53. The van der Waals surface area contributed by atoms with Crippen LogP contribution in [0.25, 0.3) is 11.1 Å². The van der Waals surface area contributed by atoms with Crippen LogP contribution in [-0.2, 0) is 15.7 Å². The molecule has 8 heteroatoms. The molecule has 1 aliphatic heterocycles. The first-order chi connectivity index (χ1) is 12.8. The van der Waals surface area contributed by atoms with Crippen LogP contribution in [0.15, 0.2) is 48.5 Å². The highest BCUT2D eigenvalue weighted by Crippen LogP contribution is 2.32. The van der Waals surface area contributed by atoms with Gasteiger partial charge in [-0.25, -0.2) is 4.79 Å². The second-order valence-electron chi connectivity index (χ2n) is 6.07. The average molecular weight is 379 g/mol. The summed E-state index contributed by atoms with van der Waals surface area (Å²) in [5, 5.41) is 9.08. The van der Waals surface area contributed by atoms with Gasteiger partial charge in [-0.15, -0.1) is 0 Å². The van der Waals surface area contributed by atoms with Gasteiger partial charge in [0.05, 0.1) is 18.7 Å². The predicted octanol–water partition coefficient (Wildman–Crippen LogP) is 3.30. The first-order valence-electron chi connectivity index (χ1n) is 8.17. The zero-order valence-electron chi connectivity index (χ0n) is 14.1. The molecule has 0 spiro atoms. The fourth-order valence-electron chi connectivity index (χ4n) is 2.91. The molecule has 1 atom stereocenters. The van der Waals surface area contributed by atoms with Crippen molar-refractivity contribution in [3.63, 3.8) is 0 Å². The van der Waals surface area contributed by atoms with Crippen molar-refractivity contribution >= 4 is 11.9 Å². The number of ether oxygens (including phenoxy) is 1. The van der Waals surface area contributed by atoms with Gasteiger partial charge in [-0.3, -0.25) is 4.79 Å². The maximum absolute atomic E-state index is 12.9. The molecule has 2 aromatic rings. The monoisotopic (exact) mass is 379 g/mol. The van der Waals surface area contributed by atoms with Gasteiger partial charge in [0, 0.05) is 12.1 Å². The van der Waals surface area contributed by atoms with Crippen LogP contribution in [0, 0.1) is 0 Å². The molecule has 0 bridgehead atoms. The van der Waals surface area contributed by atoms with E-state index in [1.54, 1.807) is 24.3 Å². The van der Waals surface area contributed by atoms with Gasteiger partial charge >= 0.3 is 12.1 Å². The van der Waals surface area contributed by atoms with E-state index < -0.39 is 23.8 Å². The largest absolute Gasteiger partial charge is 0.479 e. The van der Waals surface area contributed by atoms with Gasteiger partial charge < -0.3 is 14.7 Å².